The predicted molar refractivity (Wildman–Crippen MR) is 73.6 cm³/mol. The van der Waals surface area contributed by atoms with E-state index in [1.54, 1.807) is 10.7 Å². The number of benzene rings is 1. The third-order valence-electron chi connectivity index (χ3n) is 2.87. The van der Waals surface area contributed by atoms with Gasteiger partial charge in [0.1, 0.15) is 0 Å². The highest BCUT2D eigenvalue weighted by atomic mass is 16.5. The molecule has 0 unspecified atom stereocenters. The first-order valence-electron chi connectivity index (χ1n) is 6.18. The minimum Gasteiger partial charge on any atom is -0.464 e. The number of para-hydroxylation sites is 1. The fourth-order valence-electron chi connectivity index (χ4n) is 1.89. The maximum Gasteiger partial charge on any atom is 0.358 e. The normalized spacial score (nSPS) is 11.4. The lowest BCUT2D eigenvalue weighted by molar-refractivity contribution is 0.0593. The maximum absolute atomic E-state index is 11.6. The van der Waals surface area contributed by atoms with E-state index in [4.69, 9.17) is 4.74 Å². The summed E-state index contributed by atoms with van der Waals surface area (Å²) in [5, 5.41) is 4.36. The second kappa shape index (κ2) is 4.88. The van der Waals surface area contributed by atoms with Crippen LogP contribution >= 0.6 is 0 Å². The van der Waals surface area contributed by atoms with Gasteiger partial charge in [0, 0.05) is 5.41 Å². The van der Waals surface area contributed by atoms with Crippen LogP contribution in [0.15, 0.2) is 36.4 Å². The largest absolute Gasteiger partial charge is 0.464 e. The van der Waals surface area contributed by atoms with Crippen LogP contribution in [0.25, 0.3) is 5.69 Å². The van der Waals surface area contributed by atoms with Gasteiger partial charge in [-0.15, -0.1) is 0 Å². The number of nitrogens with zero attached hydrogens (tertiary/aromatic N) is 2. The van der Waals surface area contributed by atoms with E-state index in [1.165, 1.54) is 7.11 Å². The Morgan fingerprint density at radius 2 is 1.84 bits per heavy atom. The average Bonchev–Trinajstić information content (AvgIpc) is 2.84. The van der Waals surface area contributed by atoms with Crippen molar-refractivity contribution in [3.8, 4) is 5.69 Å². The van der Waals surface area contributed by atoms with Crippen LogP contribution in [0, 0.1) is 0 Å². The molecule has 4 heteroatoms. The number of methoxy groups -OCH3 is 1. The third-order valence-corrected chi connectivity index (χ3v) is 2.87. The van der Waals surface area contributed by atoms with Crippen molar-refractivity contribution in [1.82, 2.24) is 9.78 Å². The molecule has 0 saturated carbocycles. The number of esters is 1. The van der Waals surface area contributed by atoms with Crippen LogP contribution in [-0.4, -0.2) is 22.9 Å². The summed E-state index contributed by atoms with van der Waals surface area (Å²) >= 11 is 0. The lowest BCUT2D eigenvalue weighted by Crippen LogP contribution is -2.17. The summed E-state index contributed by atoms with van der Waals surface area (Å²) in [7, 11) is 1.36. The molecule has 0 radical (unpaired) electrons. The van der Waals surface area contributed by atoms with Crippen LogP contribution < -0.4 is 0 Å². The molecule has 0 aliphatic rings. The highest BCUT2D eigenvalue weighted by Gasteiger charge is 2.24. The summed E-state index contributed by atoms with van der Waals surface area (Å²) in [6, 6.07) is 11.6. The van der Waals surface area contributed by atoms with Gasteiger partial charge >= 0.3 is 5.97 Å². The van der Waals surface area contributed by atoms with E-state index in [9.17, 15) is 4.79 Å². The molecule has 1 aromatic heterocycles. The Bertz CT molecular complexity index is 580. The molecule has 0 amide bonds. The average molecular weight is 258 g/mol. The smallest absolute Gasteiger partial charge is 0.358 e. The minimum atomic E-state index is -0.416. The van der Waals surface area contributed by atoms with Gasteiger partial charge in [-0.3, -0.25) is 0 Å². The van der Waals surface area contributed by atoms with E-state index in [0.29, 0.717) is 5.69 Å². The van der Waals surface area contributed by atoms with Gasteiger partial charge in [-0.25, -0.2) is 9.48 Å². The minimum absolute atomic E-state index is 0.116. The first kappa shape index (κ1) is 13.3. The van der Waals surface area contributed by atoms with Crippen LogP contribution in [0.1, 0.15) is 37.0 Å². The number of hydrogen-bond acceptors (Lipinski definition) is 3. The first-order chi connectivity index (χ1) is 8.93. The van der Waals surface area contributed by atoms with Crippen molar-refractivity contribution < 1.29 is 9.53 Å². The van der Waals surface area contributed by atoms with Crippen LogP contribution in [0.4, 0.5) is 0 Å². The zero-order valence-electron chi connectivity index (χ0n) is 11.7. The van der Waals surface area contributed by atoms with Crippen molar-refractivity contribution in [2.24, 2.45) is 0 Å². The second-order valence-corrected chi connectivity index (χ2v) is 5.40. The second-order valence-electron chi connectivity index (χ2n) is 5.40. The van der Waals surface area contributed by atoms with Gasteiger partial charge in [0.25, 0.3) is 0 Å². The molecule has 0 aliphatic carbocycles. The highest BCUT2D eigenvalue weighted by molar-refractivity contribution is 5.87. The Hall–Kier alpha value is -2.10. The fraction of sp³-hybridized carbons (Fsp3) is 0.333. The Morgan fingerprint density at radius 3 is 2.37 bits per heavy atom. The molecule has 1 aromatic carbocycles. The molecule has 1 heterocycles. The molecular formula is C15H18N2O2. The van der Waals surface area contributed by atoms with Crippen LogP contribution in [0.3, 0.4) is 0 Å². The Morgan fingerprint density at radius 1 is 1.21 bits per heavy atom. The molecule has 0 aliphatic heterocycles. The van der Waals surface area contributed by atoms with Crippen LogP contribution in [-0.2, 0) is 10.2 Å². The van der Waals surface area contributed by atoms with E-state index < -0.39 is 5.97 Å². The fourth-order valence-corrected chi connectivity index (χ4v) is 1.89. The topological polar surface area (TPSA) is 44.1 Å². The molecule has 0 spiro atoms. The lowest BCUT2D eigenvalue weighted by Gasteiger charge is -2.20. The van der Waals surface area contributed by atoms with E-state index in [1.807, 2.05) is 30.3 Å². The van der Waals surface area contributed by atoms with E-state index in [2.05, 4.69) is 25.9 Å². The van der Waals surface area contributed by atoms with Crippen molar-refractivity contribution in [2.45, 2.75) is 26.2 Å². The number of carbonyl (C=O) groups is 1. The molecule has 100 valence electrons. The molecule has 0 atom stereocenters. The number of hydrogen-bond donors (Lipinski definition) is 0. The van der Waals surface area contributed by atoms with Gasteiger partial charge in [0.05, 0.1) is 18.5 Å². The molecule has 2 aromatic rings. The lowest BCUT2D eigenvalue weighted by atomic mass is 9.91. The number of aromatic nitrogens is 2. The van der Waals surface area contributed by atoms with Gasteiger partial charge in [0.15, 0.2) is 5.69 Å². The third kappa shape index (κ3) is 2.67. The van der Waals surface area contributed by atoms with Gasteiger partial charge in [0.2, 0.25) is 0 Å². The SMILES string of the molecule is COC(=O)c1cc(C(C)(C)C)n(-c2ccccc2)n1. The molecule has 0 fully saturated rings. The summed E-state index contributed by atoms with van der Waals surface area (Å²) in [4.78, 5) is 11.6. The van der Waals surface area contributed by atoms with Gasteiger partial charge in [-0.2, -0.15) is 5.10 Å². The van der Waals surface area contributed by atoms with Gasteiger partial charge in [-0.1, -0.05) is 39.0 Å². The standard InChI is InChI=1S/C15H18N2O2/c1-15(2,3)13-10-12(14(18)19-4)16-17(13)11-8-6-5-7-9-11/h5-10H,1-4H3. The van der Waals surface area contributed by atoms with E-state index in [0.717, 1.165) is 11.4 Å². The molecule has 4 nitrogen and oxygen atoms in total. The van der Waals surface area contributed by atoms with Gasteiger partial charge < -0.3 is 4.74 Å². The Labute approximate surface area is 113 Å². The van der Waals surface area contributed by atoms with Crippen LogP contribution in [0.2, 0.25) is 0 Å². The predicted octanol–water partition coefficient (Wildman–Crippen LogP) is 2.96. The van der Waals surface area contributed by atoms with E-state index in [-0.39, 0.29) is 5.41 Å². The molecule has 0 bridgehead atoms. The highest BCUT2D eigenvalue weighted by Crippen LogP contribution is 2.26. The molecule has 0 saturated heterocycles. The van der Waals surface area contributed by atoms with Crippen molar-refractivity contribution in [2.75, 3.05) is 7.11 Å². The van der Waals surface area contributed by atoms with Crippen molar-refractivity contribution in [3.05, 3.63) is 47.8 Å². The summed E-state index contributed by atoms with van der Waals surface area (Å²) in [5.74, 6) is -0.416. The quantitative estimate of drug-likeness (QED) is 0.778. The van der Waals surface area contributed by atoms with Crippen molar-refractivity contribution >= 4 is 5.97 Å². The summed E-state index contributed by atoms with van der Waals surface area (Å²) < 4.78 is 6.54. The number of rotatable bonds is 2. The Kier molecular flexibility index (Phi) is 3.42. The Balaban J connectivity index is 2.59. The molecule has 2 rings (SSSR count). The van der Waals surface area contributed by atoms with Crippen molar-refractivity contribution in [3.63, 3.8) is 0 Å². The summed E-state index contributed by atoms with van der Waals surface area (Å²) in [6.07, 6.45) is 0. The molecular weight excluding hydrogens is 240 g/mol. The van der Waals surface area contributed by atoms with Gasteiger partial charge in [-0.05, 0) is 18.2 Å². The van der Waals surface area contributed by atoms with E-state index >= 15 is 0 Å². The number of ether oxygens (including phenoxy) is 1. The summed E-state index contributed by atoms with van der Waals surface area (Å²) in [5.41, 5.74) is 2.12. The molecule has 0 N–H and O–H groups in total. The van der Waals surface area contributed by atoms with Crippen molar-refractivity contribution in [1.29, 1.82) is 0 Å². The zero-order chi connectivity index (χ0) is 14.0. The number of carbonyl (C=O) groups excluding carboxylic acids is 1. The summed E-state index contributed by atoms with van der Waals surface area (Å²) in [6.45, 7) is 6.26. The monoisotopic (exact) mass is 258 g/mol. The van der Waals surface area contributed by atoms with Crippen LogP contribution in [0.5, 0.6) is 0 Å². The first-order valence-corrected chi connectivity index (χ1v) is 6.18. The maximum atomic E-state index is 11.6. The zero-order valence-corrected chi connectivity index (χ0v) is 11.7. The molecule has 19 heavy (non-hydrogen) atoms.